The van der Waals surface area contributed by atoms with Crippen molar-refractivity contribution in [3.63, 3.8) is 0 Å². The standard InChI is InChI=1S/C12H14ClNO2/c13-10-3-4-12(9(6-10)7-15)14-5-1-2-11(14)8-16/h3-4,6-7,11,16H,1-2,5,8H2. The van der Waals surface area contributed by atoms with Crippen LogP contribution in [0.25, 0.3) is 0 Å². The molecule has 1 N–H and O–H groups in total. The van der Waals surface area contributed by atoms with Crippen molar-refractivity contribution < 1.29 is 9.90 Å². The van der Waals surface area contributed by atoms with E-state index in [4.69, 9.17) is 11.6 Å². The zero-order chi connectivity index (χ0) is 11.5. The molecule has 16 heavy (non-hydrogen) atoms. The summed E-state index contributed by atoms with van der Waals surface area (Å²) in [5, 5.41) is 9.82. The highest BCUT2D eigenvalue weighted by Crippen LogP contribution is 2.29. The van der Waals surface area contributed by atoms with Crippen molar-refractivity contribution >= 4 is 23.6 Å². The number of hydrogen-bond acceptors (Lipinski definition) is 3. The summed E-state index contributed by atoms with van der Waals surface area (Å²) < 4.78 is 0. The van der Waals surface area contributed by atoms with Gasteiger partial charge in [-0.25, -0.2) is 0 Å². The van der Waals surface area contributed by atoms with Gasteiger partial charge in [0.15, 0.2) is 6.29 Å². The lowest BCUT2D eigenvalue weighted by Gasteiger charge is -2.26. The van der Waals surface area contributed by atoms with Crippen LogP contribution in [0.2, 0.25) is 5.02 Å². The number of halogens is 1. The van der Waals surface area contributed by atoms with Gasteiger partial charge < -0.3 is 10.0 Å². The van der Waals surface area contributed by atoms with Gasteiger partial charge in [-0.1, -0.05) is 11.6 Å². The molecular weight excluding hydrogens is 226 g/mol. The molecule has 1 aliphatic rings. The fourth-order valence-corrected chi connectivity index (χ4v) is 2.40. The van der Waals surface area contributed by atoms with Gasteiger partial charge in [0.2, 0.25) is 0 Å². The third kappa shape index (κ3) is 2.06. The maximum Gasteiger partial charge on any atom is 0.152 e. The number of carbonyl (C=O) groups excluding carboxylic acids is 1. The highest BCUT2D eigenvalue weighted by Gasteiger charge is 2.25. The van der Waals surface area contributed by atoms with Crippen LogP contribution in [-0.4, -0.2) is 30.6 Å². The Labute approximate surface area is 99.6 Å². The smallest absolute Gasteiger partial charge is 0.152 e. The Kier molecular flexibility index (Phi) is 3.46. The highest BCUT2D eigenvalue weighted by molar-refractivity contribution is 6.31. The van der Waals surface area contributed by atoms with Crippen molar-refractivity contribution in [3.8, 4) is 0 Å². The largest absolute Gasteiger partial charge is 0.394 e. The fourth-order valence-electron chi connectivity index (χ4n) is 2.22. The van der Waals surface area contributed by atoms with Crippen molar-refractivity contribution in [1.29, 1.82) is 0 Å². The minimum atomic E-state index is 0.125. The Morgan fingerprint density at radius 3 is 3.06 bits per heavy atom. The van der Waals surface area contributed by atoms with E-state index < -0.39 is 0 Å². The van der Waals surface area contributed by atoms with E-state index in [0.717, 1.165) is 31.4 Å². The molecule has 0 aliphatic carbocycles. The molecule has 0 aromatic heterocycles. The molecule has 1 aromatic carbocycles. The second-order valence-electron chi connectivity index (χ2n) is 3.99. The fraction of sp³-hybridized carbons (Fsp3) is 0.417. The number of nitrogens with zero attached hydrogens (tertiary/aromatic N) is 1. The van der Waals surface area contributed by atoms with E-state index in [2.05, 4.69) is 4.90 Å². The third-order valence-corrected chi connectivity index (χ3v) is 3.25. The number of anilines is 1. The number of aliphatic hydroxyl groups excluding tert-OH is 1. The number of rotatable bonds is 3. The minimum absolute atomic E-state index is 0.125. The zero-order valence-electron chi connectivity index (χ0n) is 8.90. The second-order valence-corrected chi connectivity index (χ2v) is 4.43. The molecule has 3 nitrogen and oxygen atoms in total. The molecule has 0 amide bonds. The molecule has 1 heterocycles. The van der Waals surface area contributed by atoms with Gasteiger partial charge in [-0.2, -0.15) is 0 Å². The minimum Gasteiger partial charge on any atom is -0.394 e. The Hall–Kier alpha value is -1.06. The number of aliphatic hydroxyl groups is 1. The molecule has 2 rings (SSSR count). The predicted molar refractivity (Wildman–Crippen MR) is 64.3 cm³/mol. The summed E-state index contributed by atoms with van der Waals surface area (Å²) in [6, 6.07) is 5.41. The van der Waals surface area contributed by atoms with E-state index in [0.29, 0.717) is 10.6 Å². The van der Waals surface area contributed by atoms with Gasteiger partial charge in [-0.05, 0) is 31.0 Å². The van der Waals surface area contributed by atoms with E-state index >= 15 is 0 Å². The molecule has 1 unspecified atom stereocenters. The monoisotopic (exact) mass is 239 g/mol. The van der Waals surface area contributed by atoms with Crippen LogP contribution in [0.3, 0.4) is 0 Å². The summed E-state index contributed by atoms with van der Waals surface area (Å²) in [7, 11) is 0. The van der Waals surface area contributed by atoms with E-state index in [-0.39, 0.29) is 12.6 Å². The number of benzene rings is 1. The van der Waals surface area contributed by atoms with Gasteiger partial charge in [-0.3, -0.25) is 4.79 Å². The van der Waals surface area contributed by atoms with Crippen molar-refractivity contribution in [3.05, 3.63) is 28.8 Å². The summed E-state index contributed by atoms with van der Waals surface area (Å²) in [6.45, 7) is 1.01. The quantitative estimate of drug-likeness (QED) is 0.822. The van der Waals surface area contributed by atoms with Gasteiger partial charge in [0.1, 0.15) is 0 Å². The van der Waals surface area contributed by atoms with Crippen molar-refractivity contribution in [2.45, 2.75) is 18.9 Å². The van der Waals surface area contributed by atoms with E-state index in [1.807, 2.05) is 6.07 Å². The van der Waals surface area contributed by atoms with Crippen molar-refractivity contribution in [1.82, 2.24) is 0 Å². The summed E-state index contributed by atoms with van der Waals surface area (Å²) >= 11 is 5.85. The summed E-state index contributed by atoms with van der Waals surface area (Å²) in [5.74, 6) is 0. The average molecular weight is 240 g/mol. The Morgan fingerprint density at radius 2 is 2.38 bits per heavy atom. The molecule has 1 saturated heterocycles. The molecule has 86 valence electrons. The second kappa shape index (κ2) is 4.85. The predicted octanol–water partition coefficient (Wildman–Crippen LogP) is 2.11. The van der Waals surface area contributed by atoms with Crippen LogP contribution in [-0.2, 0) is 0 Å². The van der Waals surface area contributed by atoms with Crippen LogP contribution >= 0.6 is 11.6 Å². The Balaban J connectivity index is 2.35. The van der Waals surface area contributed by atoms with E-state index in [9.17, 15) is 9.90 Å². The molecule has 1 aromatic rings. The lowest BCUT2D eigenvalue weighted by molar-refractivity contribution is 0.112. The molecule has 1 atom stereocenters. The molecule has 0 bridgehead atoms. The van der Waals surface area contributed by atoms with Crippen LogP contribution in [0, 0.1) is 0 Å². The maximum absolute atomic E-state index is 11.0. The van der Waals surface area contributed by atoms with Gasteiger partial charge in [0, 0.05) is 22.8 Å². The first kappa shape index (κ1) is 11.4. The first-order valence-electron chi connectivity index (χ1n) is 5.38. The summed E-state index contributed by atoms with van der Waals surface area (Å²) in [6.07, 6.45) is 2.83. The van der Waals surface area contributed by atoms with E-state index in [1.54, 1.807) is 12.1 Å². The lowest BCUT2D eigenvalue weighted by atomic mass is 10.1. The van der Waals surface area contributed by atoms with Crippen LogP contribution in [0.4, 0.5) is 5.69 Å². The molecular formula is C12H14ClNO2. The highest BCUT2D eigenvalue weighted by atomic mass is 35.5. The van der Waals surface area contributed by atoms with Crippen molar-refractivity contribution in [2.75, 3.05) is 18.1 Å². The van der Waals surface area contributed by atoms with Crippen molar-refractivity contribution in [2.24, 2.45) is 0 Å². The lowest BCUT2D eigenvalue weighted by Crippen LogP contribution is -2.32. The number of hydrogen-bond donors (Lipinski definition) is 1. The first-order chi connectivity index (χ1) is 7.76. The average Bonchev–Trinajstić information content (AvgIpc) is 2.76. The zero-order valence-corrected chi connectivity index (χ0v) is 9.65. The summed E-state index contributed by atoms with van der Waals surface area (Å²) in [4.78, 5) is 13.1. The van der Waals surface area contributed by atoms with Gasteiger partial charge >= 0.3 is 0 Å². The van der Waals surface area contributed by atoms with E-state index in [1.165, 1.54) is 0 Å². The van der Waals surface area contributed by atoms with Crippen LogP contribution in [0.5, 0.6) is 0 Å². The number of aldehydes is 1. The summed E-state index contributed by atoms with van der Waals surface area (Å²) in [5.41, 5.74) is 1.46. The van der Waals surface area contributed by atoms with Crippen LogP contribution in [0.15, 0.2) is 18.2 Å². The van der Waals surface area contributed by atoms with Crippen LogP contribution < -0.4 is 4.90 Å². The van der Waals surface area contributed by atoms with Crippen LogP contribution in [0.1, 0.15) is 23.2 Å². The third-order valence-electron chi connectivity index (χ3n) is 3.01. The molecule has 1 aliphatic heterocycles. The Morgan fingerprint density at radius 1 is 1.56 bits per heavy atom. The molecule has 0 saturated carbocycles. The van der Waals surface area contributed by atoms with Gasteiger partial charge in [0.25, 0.3) is 0 Å². The molecule has 0 spiro atoms. The topological polar surface area (TPSA) is 40.5 Å². The normalized spacial score (nSPS) is 20.1. The molecule has 1 fully saturated rings. The molecule has 0 radical (unpaired) electrons. The van der Waals surface area contributed by atoms with Gasteiger partial charge in [0.05, 0.1) is 12.6 Å². The SMILES string of the molecule is O=Cc1cc(Cl)ccc1N1CCCC1CO. The van der Waals surface area contributed by atoms with Gasteiger partial charge in [-0.15, -0.1) is 0 Å². The first-order valence-corrected chi connectivity index (χ1v) is 5.76. The molecule has 4 heteroatoms. The number of carbonyl (C=O) groups is 1. The maximum atomic E-state index is 11.0. The Bertz CT molecular complexity index is 395.